The molecule has 5 nitrogen and oxygen atoms in total. The first-order chi connectivity index (χ1) is 12.6. The molecule has 0 aromatic heterocycles. The van der Waals surface area contributed by atoms with E-state index >= 15 is 0 Å². The fourth-order valence-electron chi connectivity index (χ4n) is 2.89. The van der Waals surface area contributed by atoms with Crippen LogP contribution in [0.4, 0.5) is 0 Å². The second-order valence-electron chi connectivity index (χ2n) is 5.86. The number of nitriles is 1. The summed E-state index contributed by atoms with van der Waals surface area (Å²) in [6.07, 6.45) is 0.0373. The topological polar surface area (TPSA) is 90.2 Å². The van der Waals surface area contributed by atoms with Crippen molar-refractivity contribution < 1.29 is 14.7 Å². The van der Waals surface area contributed by atoms with Crippen molar-refractivity contribution in [2.45, 2.75) is 12.5 Å². The van der Waals surface area contributed by atoms with Gasteiger partial charge in [0.1, 0.15) is 6.04 Å². The Labute approximate surface area is 150 Å². The number of carboxylic acid groups (broad SMARTS) is 1. The zero-order valence-electron chi connectivity index (χ0n) is 13.8. The van der Waals surface area contributed by atoms with Gasteiger partial charge < -0.3 is 10.4 Å². The Kier molecular flexibility index (Phi) is 4.95. The molecule has 128 valence electrons. The van der Waals surface area contributed by atoms with E-state index in [1.54, 1.807) is 36.4 Å². The molecule has 0 fully saturated rings. The van der Waals surface area contributed by atoms with Crippen molar-refractivity contribution in [1.29, 1.82) is 5.26 Å². The highest BCUT2D eigenvalue weighted by Gasteiger charge is 2.23. The average Bonchev–Trinajstić information content (AvgIpc) is 2.67. The molecule has 3 rings (SSSR count). The fourth-order valence-corrected chi connectivity index (χ4v) is 2.89. The average molecular weight is 344 g/mol. The van der Waals surface area contributed by atoms with Gasteiger partial charge in [0.05, 0.1) is 11.6 Å². The van der Waals surface area contributed by atoms with Crippen LogP contribution in [0.15, 0.2) is 66.7 Å². The first kappa shape index (κ1) is 17.2. The third-order valence-corrected chi connectivity index (χ3v) is 4.20. The largest absolute Gasteiger partial charge is 0.480 e. The number of aliphatic carboxylic acids is 1. The second kappa shape index (κ2) is 7.49. The van der Waals surface area contributed by atoms with Gasteiger partial charge in [-0.1, -0.05) is 54.6 Å². The van der Waals surface area contributed by atoms with E-state index in [1.807, 2.05) is 36.4 Å². The minimum Gasteiger partial charge on any atom is -0.480 e. The van der Waals surface area contributed by atoms with Gasteiger partial charge in [-0.15, -0.1) is 0 Å². The van der Waals surface area contributed by atoms with E-state index in [4.69, 9.17) is 5.26 Å². The van der Waals surface area contributed by atoms with Crippen molar-refractivity contribution >= 4 is 22.6 Å². The van der Waals surface area contributed by atoms with Crippen LogP contribution >= 0.6 is 0 Å². The van der Waals surface area contributed by atoms with Crippen LogP contribution in [0, 0.1) is 11.3 Å². The Hall–Kier alpha value is -3.65. The van der Waals surface area contributed by atoms with Crippen LogP contribution in [0.25, 0.3) is 10.8 Å². The van der Waals surface area contributed by atoms with Gasteiger partial charge in [0.2, 0.25) is 0 Å². The molecular weight excluding hydrogens is 328 g/mol. The summed E-state index contributed by atoms with van der Waals surface area (Å²) in [7, 11) is 0. The van der Waals surface area contributed by atoms with Crippen LogP contribution in [-0.2, 0) is 11.2 Å². The van der Waals surface area contributed by atoms with E-state index in [0.717, 1.165) is 10.8 Å². The molecule has 1 amide bonds. The van der Waals surface area contributed by atoms with Gasteiger partial charge in [-0.05, 0) is 28.5 Å². The van der Waals surface area contributed by atoms with Crippen LogP contribution in [0.3, 0.4) is 0 Å². The molecular formula is C21H16N2O3. The number of carbonyl (C=O) groups is 2. The van der Waals surface area contributed by atoms with E-state index in [-0.39, 0.29) is 6.42 Å². The number of rotatable bonds is 5. The van der Waals surface area contributed by atoms with Gasteiger partial charge in [-0.3, -0.25) is 4.79 Å². The number of fused-ring (bicyclic) bond motifs is 1. The zero-order valence-corrected chi connectivity index (χ0v) is 13.8. The summed E-state index contributed by atoms with van der Waals surface area (Å²) in [4.78, 5) is 24.3. The number of amides is 1. The zero-order chi connectivity index (χ0) is 18.5. The van der Waals surface area contributed by atoms with Gasteiger partial charge >= 0.3 is 5.97 Å². The molecule has 5 heteroatoms. The Morgan fingerprint density at radius 2 is 1.69 bits per heavy atom. The summed E-state index contributed by atoms with van der Waals surface area (Å²) in [6.45, 7) is 0. The minimum atomic E-state index is -1.15. The predicted molar refractivity (Wildman–Crippen MR) is 97.7 cm³/mol. The normalized spacial score (nSPS) is 11.5. The summed E-state index contributed by atoms with van der Waals surface area (Å²) in [6, 6.07) is 20.4. The Balaban J connectivity index is 1.87. The van der Waals surface area contributed by atoms with E-state index in [2.05, 4.69) is 5.32 Å². The number of carboxylic acids is 1. The smallest absolute Gasteiger partial charge is 0.326 e. The van der Waals surface area contributed by atoms with E-state index in [1.165, 1.54) is 0 Å². The number of benzene rings is 3. The number of hydrogen-bond donors (Lipinski definition) is 2. The molecule has 0 bridgehead atoms. The summed E-state index contributed by atoms with van der Waals surface area (Å²) in [5.74, 6) is -1.60. The lowest BCUT2D eigenvalue weighted by molar-refractivity contribution is -0.139. The first-order valence-electron chi connectivity index (χ1n) is 8.09. The fraction of sp³-hybridized carbons (Fsp3) is 0.0952. The van der Waals surface area contributed by atoms with Crippen molar-refractivity contribution in [3.05, 3.63) is 83.4 Å². The van der Waals surface area contributed by atoms with Crippen LogP contribution < -0.4 is 5.32 Å². The van der Waals surface area contributed by atoms with Gasteiger partial charge in [0.15, 0.2) is 0 Å². The standard InChI is InChI=1S/C21H16N2O3/c22-13-16-8-2-1-7-15(16)12-19(21(25)26)23-20(24)18-11-5-9-14-6-3-4-10-17(14)18/h1-11,19H,12H2,(H,23,24)(H,25,26)/t19-/m1/s1. The molecule has 0 heterocycles. The van der Waals surface area contributed by atoms with Crippen molar-refractivity contribution in [2.75, 3.05) is 0 Å². The Morgan fingerprint density at radius 1 is 1.00 bits per heavy atom. The van der Waals surface area contributed by atoms with E-state index in [9.17, 15) is 14.7 Å². The lowest BCUT2D eigenvalue weighted by Crippen LogP contribution is -2.42. The van der Waals surface area contributed by atoms with Crippen LogP contribution in [0.2, 0.25) is 0 Å². The van der Waals surface area contributed by atoms with Crippen molar-refractivity contribution in [3.8, 4) is 6.07 Å². The molecule has 0 saturated heterocycles. The first-order valence-corrected chi connectivity index (χ1v) is 8.09. The van der Waals surface area contributed by atoms with Crippen LogP contribution in [0.1, 0.15) is 21.5 Å². The molecule has 0 unspecified atom stereocenters. The SMILES string of the molecule is N#Cc1ccccc1C[C@@H](NC(=O)c1cccc2ccccc12)C(=O)O. The van der Waals surface area contributed by atoms with Crippen molar-refractivity contribution in [1.82, 2.24) is 5.32 Å². The van der Waals surface area contributed by atoms with E-state index in [0.29, 0.717) is 16.7 Å². The van der Waals surface area contributed by atoms with Gasteiger partial charge in [0.25, 0.3) is 5.91 Å². The Morgan fingerprint density at radius 3 is 2.46 bits per heavy atom. The maximum Gasteiger partial charge on any atom is 0.326 e. The molecule has 3 aromatic carbocycles. The third-order valence-electron chi connectivity index (χ3n) is 4.20. The van der Waals surface area contributed by atoms with Gasteiger partial charge in [-0.2, -0.15) is 5.26 Å². The lowest BCUT2D eigenvalue weighted by Gasteiger charge is -2.16. The maximum atomic E-state index is 12.7. The molecule has 3 aromatic rings. The highest BCUT2D eigenvalue weighted by atomic mass is 16.4. The number of carbonyl (C=O) groups excluding carboxylic acids is 1. The maximum absolute atomic E-state index is 12.7. The lowest BCUT2D eigenvalue weighted by atomic mass is 10.00. The number of hydrogen-bond acceptors (Lipinski definition) is 3. The molecule has 0 spiro atoms. The highest BCUT2D eigenvalue weighted by molar-refractivity contribution is 6.07. The summed E-state index contributed by atoms with van der Waals surface area (Å²) < 4.78 is 0. The van der Waals surface area contributed by atoms with Crippen LogP contribution in [0.5, 0.6) is 0 Å². The monoisotopic (exact) mass is 344 g/mol. The number of nitrogens with one attached hydrogen (secondary N) is 1. The molecule has 26 heavy (non-hydrogen) atoms. The third kappa shape index (κ3) is 3.55. The Bertz CT molecular complexity index is 1020. The molecule has 0 aliphatic carbocycles. The summed E-state index contributed by atoms with van der Waals surface area (Å²) >= 11 is 0. The van der Waals surface area contributed by atoms with Crippen molar-refractivity contribution in [2.24, 2.45) is 0 Å². The van der Waals surface area contributed by atoms with E-state index < -0.39 is 17.9 Å². The quantitative estimate of drug-likeness (QED) is 0.744. The highest BCUT2D eigenvalue weighted by Crippen LogP contribution is 2.19. The van der Waals surface area contributed by atoms with Crippen LogP contribution in [-0.4, -0.2) is 23.0 Å². The minimum absolute atomic E-state index is 0.0373. The number of nitrogens with zero attached hydrogens (tertiary/aromatic N) is 1. The summed E-state index contributed by atoms with van der Waals surface area (Å²) in [5, 5.41) is 22.9. The molecule has 0 radical (unpaired) electrons. The van der Waals surface area contributed by atoms with Crippen molar-refractivity contribution in [3.63, 3.8) is 0 Å². The van der Waals surface area contributed by atoms with Gasteiger partial charge in [-0.25, -0.2) is 4.79 Å². The second-order valence-corrected chi connectivity index (χ2v) is 5.86. The molecule has 0 aliphatic rings. The predicted octanol–water partition coefficient (Wildman–Crippen LogP) is 3.14. The molecule has 1 atom stereocenters. The summed E-state index contributed by atoms with van der Waals surface area (Å²) in [5.41, 5.74) is 1.40. The molecule has 0 aliphatic heterocycles. The van der Waals surface area contributed by atoms with Gasteiger partial charge in [0, 0.05) is 12.0 Å². The molecule has 2 N–H and O–H groups in total. The molecule has 0 saturated carbocycles.